The summed E-state index contributed by atoms with van der Waals surface area (Å²) >= 11 is 0. The molecule has 1 N–H and O–H groups in total. The van der Waals surface area contributed by atoms with Crippen molar-refractivity contribution in [2.24, 2.45) is 0 Å². The van der Waals surface area contributed by atoms with Crippen molar-refractivity contribution in [2.45, 2.75) is 26.4 Å². The molecule has 1 amide bonds. The second-order valence-electron chi connectivity index (χ2n) is 4.97. The Morgan fingerprint density at radius 3 is 2.55 bits per heavy atom. The molecule has 2 aromatic rings. The Bertz CT molecular complexity index is 687. The molecule has 0 saturated carbocycles. The lowest BCUT2D eigenvalue weighted by Gasteiger charge is -2.13. The highest BCUT2D eigenvalue weighted by Gasteiger charge is 2.09. The van der Waals surface area contributed by atoms with Crippen LogP contribution in [0.15, 0.2) is 48.5 Å². The van der Waals surface area contributed by atoms with E-state index in [2.05, 4.69) is 18.3 Å². The number of nitriles is 1. The summed E-state index contributed by atoms with van der Waals surface area (Å²) in [7, 11) is 0. The van der Waals surface area contributed by atoms with E-state index in [9.17, 15) is 4.79 Å². The fraction of sp³-hybridized carbons (Fsp3) is 0.222. The number of rotatable bonds is 5. The van der Waals surface area contributed by atoms with E-state index in [1.165, 1.54) is 0 Å². The Kier molecular flexibility index (Phi) is 5.16. The van der Waals surface area contributed by atoms with Crippen molar-refractivity contribution in [3.8, 4) is 11.8 Å². The molecule has 0 bridgehead atoms. The zero-order valence-corrected chi connectivity index (χ0v) is 12.7. The summed E-state index contributed by atoms with van der Waals surface area (Å²) in [5.74, 6) is 0.487. The first-order valence-corrected chi connectivity index (χ1v) is 7.21. The van der Waals surface area contributed by atoms with Crippen molar-refractivity contribution in [1.82, 2.24) is 0 Å². The average Bonchev–Trinajstić information content (AvgIpc) is 2.55. The number of benzene rings is 2. The van der Waals surface area contributed by atoms with Crippen LogP contribution in [0.2, 0.25) is 0 Å². The van der Waals surface area contributed by atoms with E-state index in [0.717, 1.165) is 12.2 Å². The van der Waals surface area contributed by atoms with E-state index in [1.54, 1.807) is 48.5 Å². The highest BCUT2D eigenvalue weighted by molar-refractivity contribution is 6.04. The number of para-hydroxylation sites is 1. The lowest BCUT2D eigenvalue weighted by atomic mass is 10.1. The van der Waals surface area contributed by atoms with Crippen molar-refractivity contribution in [3.63, 3.8) is 0 Å². The van der Waals surface area contributed by atoms with Crippen LogP contribution in [0.4, 0.5) is 5.69 Å². The first-order valence-electron chi connectivity index (χ1n) is 7.21. The molecule has 4 heteroatoms. The van der Waals surface area contributed by atoms with Crippen LogP contribution in [0.1, 0.15) is 36.2 Å². The fourth-order valence-electron chi connectivity index (χ4n) is 1.88. The lowest BCUT2D eigenvalue weighted by Crippen LogP contribution is -2.13. The van der Waals surface area contributed by atoms with Crippen LogP contribution in [-0.4, -0.2) is 12.0 Å². The van der Waals surface area contributed by atoms with Gasteiger partial charge in [0.25, 0.3) is 5.91 Å². The third kappa shape index (κ3) is 3.86. The SMILES string of the molecule is CC[C@@H](C)Oc1ccc(C(=O)Nc2ccccc2C#N)cc1. The van der Waals surface area contributed by atoms with E-state index in [1.807, 2.05) is 6.92 Å². The molecular weight excluding hydrogens is 276 g/mol. The van der Waals surface area contributed by atoms with Crippen LogP contribution in [0, 0.1) is 11.3 Å². The molecule has 0 aliphatic heterocycles. The van der Waals surface area contributed by atoms with Crippen molar-refractivity contribution in [2.75, 3.05) is 5.32 Å². The highest BCUT2D eigenvalue weighted by atomic mass is 16.5. The minimum Gasteiger partial charge on any atom is -0.491 e. The maximum atomic E-state index is 12.2. The molecule has 0 saturated heterocycles. The van der Waals surface area contributed by atoms with Gasteiger partial charge in [-0.15, -0.1) is 0 Å². The van der Waals surface area contributed by atoms with Gasteiger partial charge in [-0.1, -0.05) is 19.1 Å². The molecule has 2 aromatic carbocycles. The minimum absolute atomic E-state index is 0.141. The number of carbonyl (C=O) groups is 1. The van der Waals surface area contributed by atoms with Crippen molar-refractivity contribution < 1.29 is 9.53 Å². The molecule has 0 aromatic heterocycles. The second-order valence-corrected chi connectivity index (χ2v) is 4.97. The first kappa shape index (κ1) is 15.6. The van der Waals surface area contributed by atoms with Gasteiger partial charge in [0.1, 0.15) is 11.8 Å². The van der Waals surface area contributed by atoms with E-state index in [0.29, 0.717) is 16.8 Å². The maximum Gasteiger partial charge on any atom is 0.255 e. The number of carbonyl (C=O) groups excluding carboxylic acids is 1. The van der Waals surface area contributed by atoms with E-state index in [4.69, 9.17) is 10.00 Å². The first-order chi connectivity index (χ1) is 10.6. The minimum atomic E-state index is -0.252. The summed E-state index contributed by atoms with van der Waals surface area (Å²) in [5.41, 5.74) is 1.46. The number of nitrogens with zero attached hydrogens (tertiary/aromatic N) is 1. The summed E-state index contributed by atoms with van der Waals surface area (Å²) in [5, 5.41) is 11.8. The molecule has 0 fully saturated rings. The molecule has 1 atom stereocenters. The van der Waals surface area contributed by atoms with Crippen LogP contribution < -0.4 is 10.1 Å². The van der Waals surface area contributed by atoms with Gasteiger partial charge >= 0.3 is 0 Å². The van der Waals surface area contributed by atoms with E-state index >= 15 is 0 Å². The lowest BCUT2D eigenvalue weighted by molar-refractivity contribution is 0.102. The van der Waals surface area contributed by atoms with Gasteiger partial charge in [-0.3, -0.25) is 4.79 Å². The summed E-state index contributed by atoms with van der Waals surface area (Å²) < 4.78 is 5.68. The van der Waals surface area contributed by atoms with E-state index < -0.39 is 0 Å². The van der Waals surface area contributed by atoms with Gasteiger partial charge in [0, 0.05) is 5.56 Å². The molecule has 0 heterocycles. The second kappa shape index (κ2) is 7.28. The molecular formula is C18H18N2O2. The normalized spacial score (nSPS) is 11.3. The molecule has 0 radical (unpaired) electrons. The number of ether oxygens (including phenoxy) is 1. The van der Waals surface area contributed by atoms with Crippen molar-refractivity contribution in [1.29, 1.82) is 5.26 Å². The Labute approximate surface area is 130 Å². The molecule has 0 aliphatic rings. The van der Waals surface area contributed by atoms with Crippen LogP contribution in [0.5, 0.6) is 5.75 Å². The van der Waals surface area contributed by atoms with E-state index in [-0.39, 0.29) is 12.0 Å². The van der Waals surface area contributed by atoms with Crippen LogP contribution in [0.25, 0.3) is 0 Å². The molecule has 22 heavy (non-hydrogen) atoms. The third-order valence-corrected chi connectivity index (χ3v) is 3.32. The quantitative estimate of drug-likeness (QED) is 0.907. The molecule has 112 valence electrons. The number of amides is 1. The van der Waals surface area contributed by atoms with Gasteiger partial charge in [-0.25, -0.2) is 0 Å². The predicted octanol–water partition coefficient (Wildman–Crippen LogP) is 3.99. The maximum absolute atomic E-state index is 12.2. The Balaban J connectivity index is 2.09. The van der Waals surface area contributed by atoms with Gasteiger partial charge < -0.3 is 10.1 Å². The van der Waals surface area contributed by atoms with Crippen molar-refractivity contribution in [3.05, 3.63) is 59.7 Å². The Morgan fingerprint density at radius 2 is 1.91 bits per heavy atom. The fourth-order valence-corrected chi connectivity index (χ4v) is 1.88. The van der Waals surface area contributed by atoms with Gasteiger partial charge in [0.2, 0.25) is 0 Å². The molecule has 0 aliphatic carbocycles. The third-order valence-electron chi connectivity index (χ3n) is 3.32. The zero-order chi connectivity index (χ0) is 15.9. The van der Waals surface area contributed by atoms with Crippen LogP contribution in [-0.2, 0) is 0 Å². The average molecular weight is 294 g/mol. The largest absolute Gasteiger partial charge is 0.491 e. The molecule has 4 nitrogen and oxygen atoms in total. The van der Waals surface area contributed by atoms with Crippen LogP contribution in [0.3, 0.4) is 0 Å². The van der Waals surface area contributed by atoms with Gasteiger partial charge in [-0.2, -0.15) is 5.26 Å². The van der Waals surface area contributed by atoms with Crippen molar-refractivity contribution >= 4 is 11.6 Å². The van der Waals surface area contributed by atoms with Gasteiger partial charge in [0.15, 0.2) is 0 Å². The molecule has 2 rings (SSSR count). The van der Waals surface area contributed by atoms with Crippen LogP contribution >= 0.6 is 0 Å². The summed E-state index contributed by atoms with van der Waals surface area (Å²) in [6.45, 7) is 4.05. The smallest absolute Gasteiger partial charge is 0.255 e. The molecule has 0 unspecified atom stereocenters. The topological polar surface area (TPSA) is 62.1 Å². The number of hydrogen-bond acceptors (Lipinski definition) is 3. The highest BCUT2D eigenvalue weighted by Crippen LogP contribution is 2.18. The van der Waals surface area contributed by atoms with Gasteiger partial charge in [0.05, 0.1) is 17.4 Å². The predicted molar refractivity (Wildman–Crippen MR) is 85.9 cm³/mol. The Morgan fingerprint density at radius 1 is 1.23 bits per heavy atom. The monoisotopic (exact) mass is 294 g/mol. The summed E-state index contributed by atoms with van der Waals surface area (Å²) in [4.78, 5) is 12.2. The number of hydrogen-bond donors (Lipinski definition) is 1. The summed E-state index contributed by atoms with van der Waals surface area (Å²) in [6.07, 6.45) is 1.06. The number of nitrogens with one attached hydrogen (secondary N) is 1. The zero-order valence-electron chi connectivity index (χ0n) is 12.7. The number of anilines is 1. The Hall–Kier alpha value is -2.80. The standard InChI is InChI=1S/C18H18N2O2/c1-3-13(2)22-16-10-8-14(9-11-16)18(21)20-17-7-5-4-6-15(17)12-19/h4-11,13H,3H2,1-2H3,(H,20,21)/t13-/m1/s1. The summed E-state index contributed by atoms with van der Waals surface area (Å²) in [6, 6.07) is 15.9. The van der Waals surface area contributed by atoms with Gasteiger partial charge in [-0.05, 0) is 49.7 Å². The molecule has 0 spiro atoms.